The number of hydrogen-bond donors (Lipinski definition) is 2. The van der Waals surface area contributed by atoms with E-state index in [1.165, 1.54) is 13.3 Å². The number of rotatable bonds is 6. The molecule has 0 aromatic heterocycles. The predicted molar refractivity (Wildman–Crippen MR) is 73.8 cm³/mol. The van der Waals surface area contributed by atoms with E-state index in [1.807, 2.05) is 0 Å². The summed E-state index contributed by atoms with van der Waals surface area (Å²) >= 11 is 0. The summed E-state index contributed by atoms with van der Waals surface area (Å²) in [5.74, 6) is -1.00. The van der Waals surface area contributed by atoms with Crippen LogP contribution in [0, 0.1) is 5.92 Å². The minimum atomic E-state index is -0.839. The van der Waals surface area contributed by atoms with Gasteiger partial charge in [-0.25, -0.2) is 0 Å². The van der Waals surface area contributed by atoms with Crippen molar-refractivity contribution in [2.45, 2.75) is 52.1 Å². The molecule has 20 heavy (non-hydrogen) atoms. The van der Waals surface area contributed by atoms with Crippen LogP contribution in [0.2, 0.25) is 0 Å². The first-order valence-corrected chi connectivity index (χ1v) is 7.29. The molecule has 0 aromatic rings. The maximum absolute atomic E-state index is 11.8. The van der Waals surface area contributed by atoms with Crippen molar-refractivity contribution in [2.24, 2.45) is 5.92 Å². The number of carbonyl (C=O) groups excluding carboxylic acids is 3. The number of carbonyl (C=O) groups is 3. The third kappa shape index (κ3) is 5.59. The first-order valence-electron chi connectivity index (χ1n) is 7.29. The van der Waals surface area contributed by atoms with Crippen molar-refractivity contribution in [3.63, 3.8) is 0 Å². The van der Waals surface area contributed by atoms with Crippen LogP contribution >= 0.6 is 0 Å². The van der Waals surface area contributed by atoms with E-state index in [0.29, 0.717) is 6.54 Å². The van der Waals surface area contributed by atoms with Crippen molar-refractivity contribution < 1.29 is 19.1 Å². The highest BCUT2D eigenvalue weighted by atomic mass is 16.5. The Balaban J connectivity index is 2.25. The van der Waals surface area contributed by atoms with Crippen molar-refractivity contribution in [3.05, 3.63) is 0 Å². The molecule has 114 valence electrons. The van der Waals surface area contributed by atoms with E-state index in [1.54, 1.807) is 6.92 Å². The zero-order valence-corrected chi connectivity index (χ0v) is 12.2. The fourth-order valence-electron chi connectivity index (χ4n) is 2.28. The Morgan fingerprint density at radius 2 is 1.80 bits per heavy atom. The van der Waals surface area contributed by atoms with E-state index in [-0.39, 0.29) is 24.3 Å². The number of hydrogen-bond acceptors (Lipinski definition) is 4. The van der Waals surface area contributed by atoms with Crippen molar-refractivity contribution in [3.8, 4) is 0 Å². The lowest BCUT2D eigenvalue weighted by Crippen LogP contribution is -2.40. The quantitative estimate of drug-likeness (QED) is 0.705. The first-order chi connectivity index (χ1) is 9.54. The van der Waals surface area contributed by atoms with Gasteiger partial charge in [0.25, 0.3) is 5.91 Å². The van der Waals surface area contributed by atoms with Crippen LogP contribution in [0.15, 0.2) is 0 Å². The largest absolute Gasteiger partial charge is 0.451 e. The van der Waals surface area contributed by atoms with E-state index < -0.39 is 12.1 Å². The number of esters is 1. The molecule has 0 heterocycles. The Labute approximate surface area is 119 Å². The van der Waals surface area contributed by atoms with E-state index in [2.05, 4.69) is 10.6 Å². The van der Waals surface area contributed by atoms with Gasteiger partial charge in [-0.3, -0.25) is 14.4 Å². The van der Waals surface area contributed by atoms with Crippen LogP contribution < -0.4 is 10.6 Å². The number of amides is 2. The third-order valence-electron chi connectivity index (χ3n) is 3.41. The average Bonchev–Trinajstić information content (AvgIpc) is 2.45. The summed E-state index contributed by atoms with van der Waals surface area (Å²) < 4.78 is 4.94. The van der Waals surface area contributed by atoms with Gasteiger partial charge in [0.05, 0.1) is 0 Å². The smallest absolute Gasteiger partial charge is 0.326 e. The van der Waals surface area contributed by atoms with E-state index >= 15 is 0 Å². The topological polar surface area (TPSA) is 84.5 Å². The third-order valence-corrected chi connectivity index (χ3v) is 3.41. The highest BCUT2D eigenvalue weighted by Gasteiger charge is 2.22. The lowest BCUT2D eigenvalue weighted by Gasteiger charge is -2.20. The second kappa shape index (κ2) is 8.55. The molecular weight excluding hydrogens is 260 g/mol. The van der Waals surface area contributed by atoms with Gasteiger partial charge in [-0.2, -0.15) is 0 Å². The molecule has 0 bridgehead atoms. The van der Waals surface area contributed by atoms with Crippen LogP contribution in [-0.4, -0.2) is 37.0 Å². The van der Waals surface area contributed by atoms with Gasteiger partial charge in [-0.05, 0) is 26.7 Å². The van der Waals surface area contributed by atoms with Crippen molar-refractivity contribution in [2.75, 3.05) is 13.1 Å². The molecule has 0 aromatic carbocycles. The monoisotopic (exact) mass is 284 g/mol. The Morgan fingerprint density at radius 1 is 1.15 bits per heavy atom. The summed E-state index contributed by atoms with van der Waals surface area (Å²) in [6, 6.07) is 0. The van der Waals surface area contributed by atoms with Crippen molar-refractivity contribution in [1.29, 1.82) is 0 Å². The summed E-state index contributed by atoms with van der Waals surface area (Å²) in [5, 5.41) is 5.15. The van der Waals surface area contributed by atoms with Gasteiger partial charge in [0.1, 0.15) is 6.54 Å². The van der Waals surface area contributed by atoms with E-state index in [9.17, 15) is 14.4 Å². The molecule has 2 N–H and O–H groups in total. The summed E-state index contributed by atoms with van der Waals surface area (Å²) in [6.07, 6.45) is 4.24. The molecule has 1 fully saturated rings. The molecule has 0 aliphatic heterocycles. The first kappa shape index (κ1) is 16.5. The zero-order valence-electron chi connectivity index (χ0n) is 12.2. The Kier molecular flexibility index (Phi) is 7.04. The number of likely N-dealkylation sites (N-methyl/N-ethyl adjacent to an activating group) is 1. The number of ether oxygens (including phenoxy) is 1. The van der Waals surface area contributed by atoms with Gasteiger partial charge in [-0.1, -0.05) is 19.3 Å². The molecule has 6 nitrogen and oxygen atoms in total. The SMILES string of the molecule is CCNC(=O)[C@@H](C)OC(=O)CNC(=O)C1CCCCC1. The molecule has 0 saturated heterocycles. The maximum Gasteiger partial charge on any atom is 0.326 e. The van der Waals surface area contributed by atoms with Gasteiger partial charge in [0, 0.05) is 12.5 Å². The molecule has 6 heteroatoms. The Hall–Kier alpha value is -1.59. The summed E-state index contributed by atoms with van der Waals surface area (Å²) in [4.78, 5) is 34.7. The predicted octanol–water partition coefficient (Wildman–Crippen LogP) is 0.751. The molecule has 1 aliphatic carbocycles. The average molecular weight is 284 g/mol. The van der Waals surface area contributed by atoms with Crippen LogP contribution in [0.4, 0.5) is 0 Å². The lowest BCUT2D eigenvalue weighted by molar-refractivity contribution is -0.154. The fraction of sp³-hybridized carbons (Fsp3) is 0.786. The molecule has 1 saturated carbocycles. The molecule has 1 rings (SSSR count). The van der Waals surface area contributed by atoms with Gasteiger partial charge < -0.3 is 15.4 Å². The van der Waals surface area contributed by atoms with Crippen molar-refractivity contribution >= 4 is 17.8 Å². The highest BCUT2D eigenvalue weighted by Crippen LogP contribution is 2.23. The Bertz CT molecular complexity index is 351. The zero-order chi connectivity index (χ0) is 15.0. The molecule has 2 amide bonds. The fourth-order valence-corrected chi connectivity index (χ4v) is 2.28. The standard InChI is InChI=1S/C14H24N2O4/c1-3-15-13(18)10(2)20-12(17)9-16-14(19)11-7-5-4-6-8-11/h10-11H,3-9H2,1-2H3,(H,15,18)(H,16,19)/t10-/m1/s1. The van der Waals surface area contributed by atoms with Gasteiger partial charge in [-0.15, -0.1) is 0 Å². The molecule has 0 unspecified atom stereocenters. The lowest BCUT2D eigenvalue weighted by atomic mass is 9.89. The summed E-state index contributed by atoms with van der Waals surface area (Å²) in [6.45, 7) is 3.60. The van der Waals surface area contributed by atoms with Gasteiger partial charge in [0.2, 0.25) is 5.91 Å². The minimum Gasteiger partial charge on any atom is -0.451 e. The van der Waals surface area contributed by atoms with Gasteiger partial charge >= 0.3 is 5.97 Å². The van der Waals surface area contributed by atoms with Crippen LogP contribution in [0.5, 0.6) is 0 Å². The van der Waals surface area contributed by atoms with Crippen LogP contribution in [0.3, 0.4) is 0 Å². The normalized spacial score (nSPS) is 17.1. The van der Waals surface area contributed by atoms with Gasteiger partial charge in [0.15, 0.2) is 6.10 Å². The van der Waals surface area contributed by atoms with Crippen molar-refractivity contribution in [1.82, 2.24) is 10.6 Å². The Morgan fingerprint density at radius 3 is 2.40 bits per heavy atom. The second-order valence-corrected chi connectivity index (χ2v) is 5.08. The molecule has 0 radical (unpaired) electrons. The molecular formula is C14H24N2O4. The van der Waals surface area contributed by atoms with E-state index in [0.717, 1.165) is 25.7 Å². The summed E-state index contributed by atoms with van der Waals surface area (Å²) in [7, 11) is 0. The van der Waals surface area contributed by atoms with Crippen LogP contribution in [0.25, 0.3) is 0 Å². The van der Waals surface area contributed by atoms with E-state index in [4.69, 9.17) is 4.74 Å². The molecule has 0 spiro atoms. The number of nitrogens with one attached hydrogen (secondary N) is 2. The summed E-state index contributed by atoms with van der Waals surface area (Å²) in [5.41, 5.74) is 0. The second-order valence-electron chi connectivity index (χ2n) is 5.08. The molecule has 1 aliphatic rings. The van der Waals surface area contributed by atoms with Crippen LogP contribution in [-0.2, 0) is 19.1 Å². The molecule has 1 atom stereocenters. The van der Waals surface area contributed by atoms with Crippen LogP contribution in [0.1, 0.15) is 46.0 Å². The maximum atomic E-state index is 11.8. The minimum absolute atomic E-state index is 0.0114. The highest BCUT2D eigenvalue weighted by molar-refractivity contribution is 5.86.